The molecule has 0 saturated heterocycles. The molecule has 0 saturated carbocycles. The van der Waals surface area contributed by atoms with Crippen LogP contribution in [-0.4, -0.2) is 16.2 Å². The second-order valence-electron chi connectivity index (χ2n) is 25.3. The second-order valence-corrected chi connectivity index (χ2v) is 25.3. The molecule has 5 nitrogen and oxygen atoms in total. The van der Waals surface area contributed by atoms with Crippen molar-refractivity contribution in [3.05, 3.63) is 155 Å². The molecule has 3 heterocycles. The van der Waals surface area contributed by atoms with Crippen LogP contribution in [-0.2, 0) is 32.5 Å². The van der Waals surface area contributed by atoms with Gasteiger partial charge in [0.2, 0.25) is 0 Å². The third-order valence-corrected chi connectivity index (χ3v) is 13.6. The summed E-state index contributed by atoms with van der Waals surface area (Å²) in [5.74, 6) is 2.47. The second kappa shape index (κ2) is 16.5. The number of rotatable bonds is 6. The van der Waals surface area contributed by atoms with Gasteiger partial charge in [0.1, 0.15) is 17.3 Å². The van der Waals surface area contributed by atoms with Crippen molar-refractivity contribution < 1.29 is 4.74 Å². The van der Waals surface area contributed by atoms with E-state index in [0.29, 0.717) is 6.67 Å². The van der Waals surface area contributed by atoms with Crippen LogP contribution in [0, 0.1) is 0 Å². The van der Waals surface area contributed by atoms with E-state index in [9.17, 15) is 0 Å². The van der Waals surface area contributed by atoms with E-state index in [2.05, 4.69) is 255 Å². The highest BCUT2D eigenvalue weighted by molar-refractivity contribution is 6.10. The number of benzene rings is 5. The summed E-state index contributed by atoms with van der Waals surface area (Å²) in [6.07, 6.45) is 6.41. The average Bonchev–Trinajstić information content (AvgIpc) is 3.84. The third-order valence-electron chi connectivity index (χ3n) is 13.6. The summed E-state index contributed by atoms with van der Waals surface area (Å²) in [6.45, 7) is 42.0. The van der Waals surface area contributed by atoms with Crippen LogP contribution < -0.4 is 14.5 Å². The highest BCUT2D eigenvalue weighted by Gasteiger charge is 2.29. The van der Waals surface area contributed by atoms with Gasteiger partial charge in [-0.25, -0.2) is 4.98 Å². The van der Waals surface area contributed by atoms with Gasteiger partial charge in [-0.15, -0.1) is 0 Å². The molecule has 0 N–H and O–H groups in total. The highest BCUT2D eigenvalue weighted by atomic mass is 16.5. The van der Waals surface area contributed by atoms with Gasteiger partial charge in [0.05, 0.1) is 17.7 Å². The SMILES string of the molecule is CC(C)(C)c1cc(Oc2ccc3c4cc(C(C)(C)C)ccc4n(-c4cc(-c5ccc(C(C)(C)C)cc5C(C)(C)C)ccn4)c3c2)cc(N2C=CN(c3cc(C(C)(C)C)ccc3C(C)(C)C)C2)c1. The van der Waals surface area contributed by atoms with Crippen LogP contribution in [0.3, 0.4) is 0 Å². The zero-order valence-electron chi connectivity index (χ0n) is 44.0. The predicted molar refractivity (Wildman–Crippen MR) is 288 cm³/mol. The maximum atomic E-state index is 7.00. The molecular weight excluding hydrogens is 817 g/mol. The Kier molecular flexibility index (Phi) is 11.7. The first-order chi connectivity index (χ1) is 31.0. The molecule has 1 aliphatic heterocycles. The number of fused-ring (bicyclic) bond motifs is 3. The Morgan fingerprint density at radius 2 is 1.03 bits per heavy atom. The van der Waals surface area contributed by atoms with Crippen LogP contribution in [0.1, 0.15) is 158 Å². The van der Waals surface area contributed by atoms with Crippen molar-refractivity contribution in [2.75, 3.05) is 16.5 Å². The van der Waals surface area contributed by atoms with Gasteiger partial charge < -0.3 is 14.5 Å². The number of anilines is 2. The molecule has 0 aliphatic carbocycles. The Labute approximate surface area is 402 Å². The number of ether oxygens (including phenoxy) is 1. The van der Waals surface area contributed by atoms with Crippen LogP contribution in [0.4, 0.5) is 11.4 Å². The van der Waals surface area contributed by atoms with Crippen molar-refractivity contribution in [1.82, 2.24) is 9.55 Å². The monoisotopic (exact) mass is 893 g/mol. The van der Waals surface area contributed by atoms with E-state index >= 15 is 0 Å². The van der Waals surface area contributed by atoms with E-state index in [1.54, 1.807) is 0 Å². The van der Waals surface area contributed by atoms with Gasteiger partial charge in [0.15, 0.2) is 0 Å². The minimum Gasteiger partial charge on any atom is -0.457 e. The van der Waals surface area contributed by atoms with E-state index in [1.165, 1.54) is 55.4 Å². The van der Waals surface area contributed by atoms with Crippen LogP contribution in [0.5, 0.6) is 11.5 Å². The lowest BCUT2D eigenvalue weighted by Gasteiger charge is -2.31. The number of aromatic nitrogens is 2. The molecule has 5 aromatic carbocycles. The van der Waals surface area contributed by atoms with E-state index < -0.39 is 0 Å². The summed E-state index contributed by atoms with van der Waals surface area (Å²) in [5, 5.41) is 2.37. The molecule has 8 rings (SSSR count). The molecule has 7 aromatic rings. The van der Waals surface area contributed by atoms with Gasteiger partial charge in [-0.3, -0.25) is 4.57 Å². The fourth-order valence-electron chi connectivity index (χ4n) is 9.36. The Morgan fingerprint density at radius 1 is 0.433 bits per heavy atom. The largest absolute Gasteiger partial charge is 0.457 e. The molecular formula is C62H76N4O. The molecule has 67 heavy (non-hydrogen) atoms. The van der Waals surface area contributed by atoms with Crippen LogP contribution in [0.15, 0.2) is 122 Å². The van der Waals surface area contributed by atoms with Crippen molar-refractivity contribution in [1.29, 1.82) is 0 Å². The molecule has 0 radical (unpaired) electrons. The predicted octanol–water partition coefficient (Wildman–Crippen LogP) is 17.2. The molecule has 0 bridgehead atoms. The van der Waals surface area contributed by atoms with Gasteiger partial charge in [-0.2, -0.15) is 0 Å². The first kappa shape index (κ1) is 47.7. The Hall–Kier alpha value is -5.81. The summed E-state index contributed by atoms with van der Waals surface area (Å²) in [6, 6.07) is 38.7. The molecule has 0 atom stereocenters. The lowest BCUT2D eigenvalue weighted by Crippen LogP contribution is -2.28. The van der Waals surface area contributed by atoms with E-state index in [0.717, 1.165) is 39.6 Å². The molecule has 2 aromatic heterocycles. The van der Waals surface area contributed by atoms with E-state index in [4.69, 9.17) is 9.72 Å². The van der Waals surface area contributed by atoms with E-state index in [1.807, 2.05) is 6.20 Å². The van der Waals surface area contributed by atoms with Crippen LogP contribution >= 0.6 is 0 Å². The Balaban J connectivity index is 1.22. The molecule has 1 aliphatic rings. The first-order valence-corrected chi connectivity index (χ1v) is 24.4. The van der Waals surface area contributed by atoms with Crippen molar-refractivity contribution in [2.24, 2.45) is 0 Å². The standard InChI is InChI=1S/C62H76N4O/c1-57(2,3)41-21-26-53-50(34-41)49-24-22-46(38-54(49)66(53)56-31-40(27-28-63-56)48-23-19-42(58(4,5)6)35-52(48)62(16,17)18)67-47-33-44(60(10,11)12)32-45(37-47)64-29-30-65(39-64)55-36-43(59(7,8)9)20-25-51(55)61(13,14)15/h19-38H,39H2,1-18H3. The number of pyridine rings is 1. The van der Waals surface area contributed by atoms with Gasteiger partial charge in [0.25, 0.3) is 0 Å². The quantitative estimate of drug-likeness (QED) is 0.167. The van der Waals surface area contributed by atoms with Crippen molar-refractivity contribution in [3.8, 4) is 28.4 Å². The Bertz CT molecular complexity index is 3030. The molecule has 5 heteroatoms. The molecule has 0 fully saturated rings. The summed E-state index contributed by atoms with van der Waals surface area (Å²) in [7, 11) is 0. The number of nitrogens with zero attached hydrogens (tertiary/aromatic N) is 4. The lowest BCUT2D eigenvalue weighted by atomic mass is 9.77. The maximum absolute atomic E-state index is 7.00. The smallest absolute Gasteiger partial charge is 0.138 e. The molecule has 0 spiro atoms. The summed E-state index contributed by atoms with van der Waals surface area (Å²) in [5.41, 5.74) is 14.7. The number of hydrogen-bond acceptors (Lipinski definition) is 4. The van der Waals surface area contributed by atoms with Crippen LogP contribution in [0.2, 0.25) is 0 Å². The zero-order valence-corrected chi connectivity index (χ0v) is 44.0. The zero-order chi connectivity index (χ0) is 48.8. The first-order valence-electron chi connectivity index (χ1n) is 24.4. The highest BCUT2D eigenvalue weighted by Crippen LogP contribution is 2.43. The van der Waals surface area contributed by atoms with Crippen molar-refractivity contribution in [2.45, 2.75) is 157 Å². The third kappa shape index (κ3) is 9.67. The van der Waals surface area contributed by atoms with Gasteiger partial charge in [-0.05, 0) is 132 Å². The number of hydrogen-bond donors (Lipinski definition) is 0. The van der Waals surface area contributed by atoms with Gasteiger partial charge >= 0.3 is 0 Å². The summed E-state index contributed by atoms with van der Waals surface area (Å²) < 4.78 is 9.33. The fraction of sp³-hybridized carbons (Fsp3) is 0.403. The van der Waals surface area contributed by atoms with Crippen molar-refractivity contribution >= 4 is 33.2 Å². The normalized spacial score (nSPS) is 14.2. The average molecular weight is 893 g/mol. The summed E-state index contributed by atoms with van der Waals surface area (Å²) in [4.78, 5) is 9.84. The van der Waals surface area contributed by atoms with E-state index in [-0.39, 0.29) is 32.5 Å². The van der Waals surface area contributed by atoms with Crippen molar-refractivity contribution in [3.63, 3.8) is 0 Å². The topological polar surface area (TPSA) is 33.5 Å². The Morgan fingerprint density at radius 3 is 1.67 bits per heavy atom. The maximum Gasteiger partial charge on any atom is 0.138 e. The van der Waals surface area contributed by atoms with Gasteiger partial charge in [-0.1, -0.05) is 161 Å². The van der Waals surface area contributed by atoms with Crippen LogP contribution in [0.25, 0.3) is 38.8 Å². The fourth-order valence-corrected chi connectivity index (χ4v) is 9.36. The van der Waals surface area contributed by atoms with Gasteiger partial charge in [0, 0.05) is 52.9 Å². The molecule has 0 amide bonds. The summed E-state index contributed by atoms with van der Waals surface area (Å²) >= 11 is 0. The minimum atomic E-state index is -0.102. The molecule has 350 valence electrons. The molecule has 0 unspecified atom stereocenters. The minimum absolute atomic E-state index is 0.00487. The lowest BCUT2D eigenvalue weighted by molar-refractivity contribution is 0.479.